The molecular weight excluding hydrogens is 214 g/mol. The van der Waals surface area contributed by atoms with Crippen molar-refractivity contribution in [2.75, 3.05) is 26.2 Å². The van der Waals surface area contributed by atoms with E-state index in [1.54, 1.807) is 8.61 Å². The van der Waals surface area contributed by atoms with E-state index >= 15 is 0 Å². The molecule has 6 heteroatoms. The number of nitrogens with two attached hydrogens (primary N) is 1. The Hall–Kier alpha value is -0.170. The first-order valence-electron chi connectivity index (χ1n) is 5.61. The first-order valence-corrected chi connectivity index (χ1v) is 7.01. The molecule has 2 saturated heterocycles. The highest BCUT2D eigenvalue weighted by atomic mass is 32.2. The molecule has 2 fully saturated rings. The standard InChI is InChI=1S/C9H19N3O2S/c10-9-4-3-7-12(8-9)15(13,14)11-5-1-2-6-11/h9H,1-8,10H2/t9-/m0/s1. The summed E-state index contributed by atoms with van der Waals surface area (Å²) in [6.07, 6.45) is 3.79. The fraction of sp³-hybridized carbons (Fsp3) is 1.00. The molecule has 2 aliphatic heterocycles. The lowest BCUT2D eigenvalue weighted by Crippen LogP contribution is -2.50. The van der Waals surface area contributed by atoms with Crippen LogP contribution in [-0.4, -0.2) is 49.2 Å². The van der Waals surface area contributed by atoms with Gasteiger partial charge in [0.2, 0.25) is 0 Å². The molecule has 0 spiro atoms. The minimum Gasteiger partial charge on any atom is -0.327 e. The van der Waals surface area contributed by atoms with Crippen LogP contribution in [0.25, 0.3) is 0 Å². The van der Waals surface area contributed by atoms with E-state index in [2.05, 4.69) is 0 Å². The van der Waals surface area contributed by atoms with Gasteiger partial charge in [0, 0.05) is 32.2 Å². The van der Waals surface area contributed by atoms with E-state index in [0.717, 1.165) is 25.7 Å². The molecule has 0 radical (unpaired) electrons. The quantitative estimate of drug-likeness (QED) is 0.715. The molecule has 0 amide bonds. The fourth-order valence-corrected chi connectivity index (χ4v) is 4.05. The van der Waals surface area contributed by atoms with Crippen molar-refractivity contribution >= 4 is 10.2 Å². The summed E-state index contributed by atoms with van der Waals surface area (Å²) >= 11 is 0. The van der Waals surface area contributed by atoms with Gasteiger partial charge in [0.15, 0.2) is 0 Å². The molecule has 2 heterocycles. The van der Waals surface area contributed by atoms with Gasteiger partial charge in [-0.05, 0) is 25.7 Å². The summed E-state index contributed by atoms with van der Waals surface area (Å²) in [7, 11) is -3.21. The Labute approximate surface area is 91.4 Å². The van der Waals surface area contributed by atoms with Crippen LogP contribution in [-0.2, 0) is 10.2 Å². The molecule has 0 unspecified atom stereocenters. The Kier molecular flexibility index (Phi) is 3.30. The van der Waals surface area contributed by atoms with Crippen LogP contribution in [0.5, 0.6) is 0 Å². The molecule has 0 bridgehead atoms. The van der Waals surface area contributed by atoms with Crippen molar-refractivity contribution in [3.63, 3.8) is 0 Å². The Balaban J connectivity index is 2.07. The van der Waals surface area contributed by atoms with Crippen LogP contribution in [0, 0.1) is 0 Å². The zero-order valence-corrected chi connectivity index (χ0v) is 9.75. The van der Waals surface area contributed by atoms with Crippen molar-refractivity contribution in [3.8, 4) is 0 Å². The smallest absolute Gasteiger partial charge is 0.282 e. The maximum Gasteiger partial charge on any atom is 0.282 e. The third kappa shape index (κ3) is 2.33. The molecular formula is C9H19N3O2S. The van der Waals surface area contributed by atoms with Gasteiger partial charge in [0.05, 0.1) is 0 Å². The Morgan fingerprint density at radius 1 is 1.00 bits per heavy atom. The zero-order valence-electron chi connectivity index (χ0n) is 8.93. The van der Waals surface area contributed by atoms with Crippen LogP contribution in [0.1, 0.15) is 25.7 Å². The molecule has 2 aliphatic rings. The second-order valence-corrected chi connectivity index (χ2v) is 6.30. The van der Waals surface area contributed by atoms with Gasteiger partial charge in [0.25, 0.3) is 10.2 Å². The van der Waals surface area contributed by atoms with Crippen molar-refractivity contribution in [3.05, 3.63) is 0 Å². The highest BCUT2D eigenvalue weighted by Gasteiger charge is 2.33. The first kappa shape index (κ1) is 11.3. The maximum atomic E-state index is 12.1. The van der Waals surface area contributed by atoms with Gasteiger partial charge in [-0.2, -0.15) is 17.0 Å². The second kappa shape index (κ2) is 4.37. The molecule has 5 nitrogen and oxygen atoms in total. The normalized spacial score (nSPS) is 30.9. The molecule has 0 aromatic rings. The van der Waals surface area contributed by atoms with E-state index < -0.39 is 10.2 Å². The van der Waals surface area contributed by atoms with E-state index in [1.165, 1.54) is 0 Å². The number of nitrogens with zero attached hydrogens (tertiary/aromatic N) is 2. The molecule has 88 valence electrons. The lowest BCUT2D eigenvalue weighted by atomic mass is 10.1. The van der Waals surface area contributed by atoms with E-state index in [4.69, 9.17) is 5.73 Å². The van der Waals surface area contributed by atoms with Crippen molar-refractivity contribution in [1.29, 1.82) is 0 Å². The van der Waals surface area contributed by atoms with Crippen LogP contribution in [0.2, 0.25) is 0 Å². The van der Waals surface area contributed by atoms with Gasteiger partial charge in [0.1, 0.15) is 0 Å². The Morgan fingerprint density at radius 3 is 2.20 bits per heavy atom. The summed E-state index contributed by atoms with van der Waals surface area (Å²) in [5.74, 6) is 0. The lowest BCUT2D eigenvalue weighted by molar-refractivity contribution is 0.293. The van der Waals surface area contributed by atoms with Gasteiger partial charge in [-0.3, -0.25) is 0 Å². The van der Waals surface area contributed by atoms with Crippen molar-refractivity contribution < 1.29 is 8.42 Å². The monoisotopic (exact) mass is 233 g/mol. The minimum absolute atomic E-state index is 0.0103. The summed E-state index contributed by atoms with van der Waals surface area (Å²) in [6, 6.07) is 0.0103. The molecule has 2 N–H and O–H groups in total. The van der Waals surface area contributed by atoms with Crippen molar-refractivity contribution in [1.82, 2.24) is 8.61 Å². The predicted molar refractivity (Wildman–Crippen MR) is 58.5 cm³/mol. The Bertz CT molecular complexity index is 311. The van der Waals surface area contributed by atoms with Gasteiger partial charge in [-0.15, -0.1) is 0 Å². The fourth-order valence-electron chi connectivity index (χ4n) is 2.27. The van der Waals surface area contributed by atoms with Gasteiger partial charge < -0.3 is 5.73 Å². The number of hydrogen-bond acceptors (Lipinski definition) is 3. The van der Waals surface area contributed by atoms with Crippen LogP contribution >= 0.6 is 0 Å². The lowest BCUT2D eigenvalue weighted by Gasteiger charge is -2.32. The number of hydrogen-bond donors (Lipinski definition) is 1. The van der Waals surface area contributed by atoms with E-state index in [0.29, 0.717) is 26.2 Å². The molecule has 0 aromatic heterocycles. The zero-order chi connectivity index (χ0) is 10.9. The summed E-state index contributed by atoms with van der Waals surface area (Å²) in [4.78, 5) is 0. The second-order valence-electron chi connectivity index (χ2n) is 4.37. The number of piperidine rings is 1. The van der Waals surface area contributed by atoms with Crippen LogP contribution in [0.3, 0.4) is 0 Å². The van der Waals surface area contributed by atoms with Crippen LogP contribution in [0.15, 0.2) is 0 Å². The molecule has 0 aromatic carbocycles. The largest absolute Gasteiger partial charge is 0.327 e. The van der Waals surface area contributed by atoms with Gasteiger partial charge in [-0.1, -0.05) is 0 Å². The van der Waals surface area contributed by atoms with Crippen LogP contribution < -0.4 is 5.73 Å². The third-order valence-corrected chi connectivity index (χ3v) is 5.14. The molecule has 0 saturated carbocycles. The minimum atomic E-state index is -3.21. The summed E-state index contributed by atoms with van der Waals surface area (Å²) in [5, 5.41) is 0. The summed E-state index contributed by atoms with van der Waals surface area (Å²) in [5.41, 5.74) is 5.80. The Morgan fingerprint density at radius 2 is 1.60 bits per heavy atom. The average Bonchev–Trinajstić information content (AvgIpc) is 2.71. The predicted octanol–water partition coefficient (Wildman–Crippen LogP) is -0.250. The SMILES string of the molecule is N[C@H]1CCCN(S(=O)(=O)N2CCCC2)C1. The van der Waals surface area contributed by atoms with E-state index in [1.807, 2.05) is 0 Å². The first-order chi connectivity index (χ1) is 7.10. The summed E-state index contributed by atoms with van der Waals surface area (Å²) < 4.78 is 27.4. The highest BCUT2D eigenvalue weighted by molar-refractivity contribution is 7.86. The van der Waals surface area contributed by atoms with E-state index in [-0.39, 0.29) is 6.04 Å². The molecule has 0 aliphatic carbocycles. The number of rotatable bonds is 2. The topological polar surface area (TPSA) is 66.6 Å². The maximum absolute atomic E-state index is 12.1. The van der Waals surface area contributed by atoms with Crippen molar-refractivity contribution in [2.45, 2.75) is 31.7 Å². The van der Waals surface area contributed by atoms with Gasteiger partial charge in [-0.25, -0.2) is 0 Å². The van der Waals surface area contributed by atoms with Crippen LogP contribution in [0.4, 0.5) is 0 Å². The third-order valence-electron chi connectivity index (χ3n) is 3.14. The highest BCUT2D eigenvalue weighted by Crippen LogP contribution is 2.19. The summed E-state index contributed by atoms with van der Waals surface area (Å²) in [6.45, 7) is 2.47. The average molecular weight is 233 g/mol. The molecule has 15 heavy (non-hydrogen) atoms. The van der Waals surface area contributed by atoms with Gasteiger partial charge >= 0.3 is 0 Å². The van der Waals surface area contributed by atoms with Crippen molar-refractivity contribution in [2.24, 2.45) is 5.73 Å². The molecule has 1 atom stereocenters. The molecule has 2 rings (SSSR count). The van der Waals surface area contributed by atoms with E-state index in [9.17, 15) is 8.42 Å².